The van der Waals surface area contributed by atoms with Gasteiger partial charge in [0.2, 0.25) is 0 Å². The van der Waals surface area contributed by atoms with E-state index in [-0.39, 0.29) is 20.1 Å². The molecule has 3 aromatic rings. The van der Waals surface area contributed by atoms with Crippen LogP contribution in [0.2, 0.25) is 0 Å². The first-order chi connectivity index (χ1) is 11.1. The van der Waals surface area contributed by atoms with Crippen molar-refractivity contribution in [2.45, 2.75) is 20.8 Å². The van der Waals surface area contributed by atoms with Gasteiger partial charge in [0.15, 0.2) is 5.69 Å². The van der Waals surface area contributed by atoms with Crippen LogP contribution in [0.25, 0.3) is 27.2 Å². The van der Waals surface area contributed by atoms with E-state index in [9.17, 15) is 0 Å². The minimum atomic E-state index is 0. The van der Waals surface area contributed by atoms with Crippen LogP contribution in [0, 0.1) is 33.4 Å². The second-order valence-corrected chi connectivity index (χ2v) is 5.67. The predicted molar refractivity (Wildman–Crippen MR) is 94.4 cm³/mol. The van der Waals surface area contributed by atoms with E-state index in [1.165, 1.54) is 0 Å². The van der Waals surface area contributed by atoms with Crippen molar-refractivity contribution in [3.63, 3.8) is 0 Å². The summed E-state index contributed by atoms with van der Waals surface area (Å²) in [5.41, 5.74) is 8.09. The Morgan fingerprint density at radius 3 is 2.42 bits per heavy atom. The molecule has 0 saturated heterocycles. The Morgan fingerprint density at radius 1 is 1.00 bits per heavy atom. The van der Waals surface area contributed by atoms with Crippen LogP contribution in [-0.2, 0) is 20.1 Å². The summed E-state index contributed by atoms with van der Waals surface area (Å²) in [5, 5.41) is 0. The number of aryl methyl sites for hydroxylation is 3. The van der Waals surface area contributed by atoms with E-state index in [1.54, 1.807) is 0 Å². The van der Waals surface area contributed by atoms with E-state index in [0.29, 0.717) is 5.69 Å². The summed E-state index contributed by atoms with van der Waals surface area (Å²) in [7, 11) is 0. The molecule has 0 unspecified atom stereocenters. The molecular weight excluding hydrogens is 472 g/mol. The maximum atomic E-state index is 7.23. The Balaban J connectivity index is 0.00000208. The van der Waals surface area contributed by atoms with Gasteiger partial charge in [-0.05, 0) is 49.2 Å². The third kappa shape index (κ3) is 3.46. The van der Waals surface area contributed by atoms with Crippen molar-refractivity contribution in [2.24, 2.45) is 0 Å². The largest absolute Gasteiger partial charge is 0.301 e. The molecule has 1 radical (unpaired) electrons. The average Bonchev–Trinajstić information content (AvgIpc) is 2.56. The van der Waals surface area contributed by atoms with Crippen molar-refractivity contribution in [3.8, 4) is 22.4 Å². The second-order valence-electron chi connectivity index (χ2n) is 5.67. The minimum absolute atomic E-state index is 0. The summed E-state index contributed by atoms with van der Waals surface area (Å²) in [6.45, 7) is 13.4. The van der Waals surface area contributed by atoms with E-state index in [2.05, 4.69) is 30.8 Å². The fourth-order valence-corrected chi connectivity index (χ4v) is 2.88. The summed E-state index contributed by atoms with van der Waals surface area (Å²) in [4.78, 5) is 8.32. The van der Waals surface area contributed by atoms with Crippen LogP contribution in [0.1, 0.15) is 16.8 Å². The van der Waals surface area contributed by atoms with Gasteiger partial charge >= 0.3 is 0 Å². The molecule has 3 heteroatoms. The van der Waals surface area contributed by atoms with Gasteiger partial charge in [0.05, 0.1) is 6.57 Å². The molecule has 0 fully saturated rings. The number of pyridine rings is 1. The van der Waals surface area contributed by atoms with Gasteiger partial charge in [0.25, 0.3) is 0 Å². The molecule has 0 aliphatic heterocycles. The molecule has 0 saturated carbocycles. The molecule has 1 aromatic heterocycles. The van der Waals surface area contributed by atoms with Crippen LogP contribution in [-0.4, -0.2) is 4.98 Å². The van der Waals surface area contributed by atoms with Gasteiger partial charge in [-0.15, -0.1) is 35.9 Å². The third-order valence-electron chi connectivity index (χ3n) is 4.00. The molecule has 121 valence electrons. The molecule has 2 nitrogen and oxygen atoms in total. The predicted octanol–water partition coefficient (Wildman–Crippen LogP) is 5.69. The molecule has 1 heterocycles. The SMILES string of the molecule is [C-]#[N+]c1ccc(C)c(-c2c(C)cc(-c3[c-]cccc3)nc2C)c1.[Ir]. The molecule has 3 rings (SSSR count). The standard InChI is InChI=1S/C21H17N2.Ir/c1-14-10-11-18(22-4)13-19(14)21-15(2)12-20(23-16(21)3)17-8-6-5-7-9-17;/h5-8,10-13H,1-3H3;/q-1;. The minimum Gasteiger partial charge on any atom is -0.301 e. The third-order valence-corrected chi connectivity index (χ3v) is 4.00. The van der Waals surface area contributed by atoms with Gasteiger partial charge in [-0.3, -0.25) is 0 Å². The number of hydrogen-bond donors (Lipinski definition) is 0. The Kier molecular flexibility index (Phi) is 5.67. The smallest absolute Gasteiger partial charge is 0.187 e. The maximum Gasteiger partial charge on any atom is 0.187 e. The monoisotopic (exact) mass is 490 g/mol. The van der Waals surface area contributed by atoms with Crippen LogP contribution < -0.4 is 0 Å². The summed E-state index contributed by atoms with van der Waals surface area (Å²) in [6.07, 6.45) is 0. The van der Waals surface area contributed by atoms with E-state index >= 15 is 0 Å². The first-order valence-electron chi connectivity index (χ1n) is 7.54. The van der Waals surface area contributed by atoms with Gasteiger partial charge in [-0.2, -0.15) is 0 Å². The van der Waals surface area contributed by atoms with E-state index in [4.69, 9.17) is 11.6 Å². The van der Waals surface area contributed by atoms with Crippen LogP contribution in [0.4, 0.5) is 5.69 Å². The van der Waals surface area contributed by atoms with Gasteiger partial charge in [0, 0.05) is 31.4 Å². The number of nitrogens with zero attached hydrogens (tertiary/aromatic N) is 2. The normalized spacial score (nSPS) is 9.92. The number of aromatic nitrogens is 1. The maximum absolute atomic E-state index is 7.23. The van der Waals surface area contributed by atoms with Gasteiger partial charge < -0.3 is 4.98 Å². The molecule has 0 spiro atoms. The Labute approximate surface area is 156 Å². The quantitative estimate of drug-likeness (QED) is 0.423. The number of benzene rings is 2. The van der Waals surface area contributed by atoms with Crippen molar-refractivity contribution in [2.75, 3.05) is 0 Å². The molecule has 2 aromatic carbocycles. The molecule has 0 amide bonds. The van der Waals surface area contributed by atoms with Gasteiger partial charge in [0.1, 0.15) is 0 Å². The van der Waals surface area contributed by atoms with Crippen LogP contribution in [0.15, 0.2) is 48.5 Å². The van der Waals surface area contributed by atoms with Crippen LogP contribution in [0.5, 0.6) is 0 Å². The van der Waals surface area contributed by atoms with Crippen molar-refractivity contribution in [1.82, 2.24) is 4.98 Å². The summed E-state index contributed by atoms with van der Waals surface area (Å²) < 4.78 is 0. The van der Waals surface area contributed by atoms with Crippen molar-refractivity contribution < 1.29 is 20.1 Å². The van der Waals surface area contributed by atoms with Crippen molar-refractivity contribution >= 4 is 5.69 Å². The molecule has 0 N–H and O–H groups in total. The zero-order valence-corrected chi connectivity index (χ0v) is 16.2. The number of hydrogen-bond acceptors (Lipinski definition) is 1. The van der Waals surface area contributed by atoms with Crippen molar-refractivity contribution in [1.29, 1.82) is 0 Å². The van der Waals surface area contributed by atoms with Crippen molar-refractivity contribution in [3.05, 3.63) is 82.8 Å². The Bertz CT molecular complexity index is 886. The van der Waals surface area contributed by atoms with Gasteiger partial charge in [-0.25, -0.2) is 4.85 Å². The first kappa shape index (κ1) is 18.1. The first-order valence-corrected chi connectivity index (χ1v) is 7.54. The molecule has 0 atom stereocenters. The zero-order valence-electron chi connectivity index (χ0n) is 13.8. The molecular formula is C21H17IrN2-. The Morgan fingerprint density at radius 2 is 1.79 bits per heavy atom. The second kappa shape index (κ2) is 7.53. The molecule has 24 heavy (non-hydrogen) atoms. The Hall–Kier alpha value is -2.27. The van der Waals surface area contributed by atoms with Crippen LogP contribution >= 0.6 is 0 Å². The van der Waals surface area contributed by atoms with E-state index in [0.717, 1.165) is 39.2 Å². The van der Waals surface area contributed by atoms with E-state index < -0.39 is 0 Å². The fourth-order valence-electron chi connectivity index (χ4n) is 2.88. The summed E-state index contributed by atoms with van der Waals surface area (Å²) >= 11 is 0. The molecule has 0 bridgehead atoms. The average molecular weight is 490 g/mol. The van der Waals surface area contributed by atoms with Gasteiger partial charge in [-0.1, -0.05) is 18.2 Å². The topological polar surface area (TPSA) is 17.2 Å². The van der Waals surface area contributed by atoms with Crippen LogP contribution in [0.3, 0.4) is 0 Å². The molecule has 0 aliphatic carbocycles. The number of rotatable bonds is 2. The zero-order chi connectivity index (χ0) is 16.4. The summed E-state index contributed by atoms with van der Waals surface area (Å²) in [5.74, 6) is 0. The molecule has 0 aliphatic rings. The van der Waals surface area contributed by atoms with E-state index in [1.807, 2.05) is 49.4 Å². The summed E-state index contributed by atoms with van der Waals surface area (Å²) in [6, 6.07) is 19.0. The fraction of sp³-hybridized carbons (Fsp3) is 0.143.